The van der Waals surface area contributed by atoms with Crippen LogP contribution in [0.5, 0.6) is 0 Å². The Hall–Kier alpha value is -8.34. The van der Waals surface area contributed by atoms with Crippen LogP contribution in [0, 0.1) is 0 Å². The Labute approximate surface area is 356 Å². The molecule has 4 heteroatoms. The van der Waals surface area contributed by atoms with Crippen LogP contribution in [0.2, 0.25) is 0 Å². The molecule has 0 aliphatic heterocycles. The van der Waals surface area contributed by atoms with E-state index in [9.17, 15) is 0 Å². The van der Waals surface area contributed by atoms with Crippen molar-refractivity contribution in [3.05, 3.63) is 212 Å². The summed E-state index contributed by atoms with van der Waals surface area (Å²) in [5.74, 6) is 0. The van der Waals surface area contributed by atoms with Gasteiger partial charge in [-0.05, 0) is 124 Å². The van der Waals surface area contributed by atoms with E-state index in [0.717, 1.165) is 116 Å². The summed E-state index contributed by atoms with van der Waals surface area (Å²) in [4.78, 5) is 2.32. The van der Waals surface area contributed by atoms with Crippen LogP contribution < -0.4 is 4.90 Å². The average Bonchev–Trinajstić information content (AvgIpc) is 4.01. The number of hydrogen-bond donors (Lipinski definition) is 0. The molecule has 0 amide bonds. The third-order valence-corrected chi connectivity index (χ3v) is 12.5. The number of fused-ring (bicyclic) bond motifs is 10. The summed E-state index contributed by atoms with van der Waals surface area (Å²) in [6.45, 7) is 0. The van der Waals surface area contributed by atoms with Crippen molar-refractivity contribution >= 4 is 93.7 Å². The Morgan fingerprint density at radius 3 is 1.35 bits per heavy atom. The largest absolute Gasteiger partial charge is 0.456 e. The fraction of sp³-hybridized carbons (Fsp3) is 0. The van der Waals surface area contributed by atoms with E-state index in [4.69, 9.17) is 13.3 Å². The molecule has 0 saturated heterocycles. The maximum atomic E-state index is 6.57. The summed E-state index contributed by atoms with van der Waals surface area (Å²) in [7, 11) is 0. The van der Waals surface area contributed by atoms with Crippen molar-refractivity contribution in [3.63, 3.8) is 0 Å². The second kappa shape index (κ2) is 13.6. The van der Waals surface area contributed by atoms with Gasteiger partial charge < -0.3 is 18.2 Å². The van der Waals surface area contributed by atoms with Gasteiger partial charge in [-0.1, -0.05) is 127 Å². The molecule has 13 rings (SSSR count). The lowest BCUT2D eigenvalue weighted by atomic mass is 10.0. The predicted molar refractivity (Wildman–Crippen MR) is 257 cm³/mol. The molecule has 0 atom stereocenters. The van der Waals surface area contributed by atoms with E-state index in [1.165, 1.54) is 11.1 Å². The van der Waals surface area contributed by atoms with E-state index >= 15 is 0 Å². The van der Waals surface area contributed by atoms with Crippen molar-refractivity contribution < 1.29 is 13.3 Å². The number of benzene rings is 10. The molecule has 0 saturated carbocycles. The first-order valence-corrected chi connectivity index (χ1v) is 21.0. The fourth-order valence-electron chi connectivity index (χ4n) is 9.37. The highest BCUT2D eigenvalue weighted by Crippen LogP contribution is 2.42. The minimum atomic E-state index is 0.865. The highest BCUT2D eigenvalue weighted by Gasteiger charge is 2.17. The lowest BCUT2D eigenvalue weighted by molar-refractivity contribution is 0.668. The van der Waals surface area contributed by atoms with E-state index in [2.05, 4.69) is 193 Å². The Kier molecular flexibility index (Phi) is 7.57. The van der Waals surface area contributed by atoms with E-state index in [1.54, 1.807) is 0 Å². The number of para-hydroxylation sites is 3. The summed E-state index contributed by atoms with van der Waals surface area (Å²) < 4.78 is 19.2. The van der Waals surface area contributed by atoms with Crippen LogP contribution in [0.3, 0.4) is 0 Å². The van der Waals surface area contributed by atoms with Gasteiger partial charge >= 0.3 is 0 Å². The van der Waals surface area contributed by atoms with Gasteiger partial charge in [-0.25, -0.2) is 0 Å². The Morgan fingerprint density at radius 1 is 0.258 bits per heavy atom. The first-order chi connectivity index (χ1) is 30.7. The molecule has 62 heavy (non-hydrogen) atoms. The molecule has 3 aromatic heterocycles. The quantitative estimate of drug-likeness (QED) is 0.168. The monoisotopic (exact) mass is 793 g/mol. The van der Waals surface area contributed by atoms with E-state index in [-0.39, 0.29) is 0 Å². The van der Waals surface area contributed by atoms with Gasteiger partial charge in [0, 0.05) is 54.9 Å². The minimum absolute atomic E-state index is 0.865. The number of nitrogens with zero attached hydrogens (tertiary/aromatic N) is 1. The number of furan rings is 3. The third-order valence-electron chi connectivity index (χ3n) is 12.5. The van der Waals surface area contributed by atoms with Gasteiger partial charge in [0.15, 0.2) is 0 Å². The zero-order valence-electron chi connectivity index (χ0n) is 33.4. The zero-order chi connectivity index (χ0) is 40.7. The van der Waals surface area contributed by atoms with Gasteiger partial charge in [0.05, 0.1) is 0 Å². The van der Waals surface area contributed by atoms with Gasteiger partial charge in [-0.3, -0.25) is 0 Å². The maximum absolute atomic E-state index is 6.57. The van der Waals surface area contributed by atoms with E-state index in [0.29, 0.717) is 0 Å². The van der Waals surface area contributed by atoms with Crippen molar-refractivity contribution in [2.24, 2.45) is 0 Å². The third kappa shape index (κ3) is 5.54. The Bertz CT molecular complexity index is 3840. The van der Waals surface area contributed by atoms with Crippen molar-refractivity contribution in [2.45, 2.75) is 0 Å². The number of rotatable bonds is 6. The Balaban J connectivity index is 0.862. The van der Waals surface area contributed by atoms with Crippen molar-refractivity contribution in [1.82, 2.24) is 0 Å². The molecule has 0 spiro atoms. The van der Waals surface area contributed by atoms with Crippen LogP contribution in [0.4, 0.5) is 17.1 Å². The Morgan fingerprint density at radius 2 is 0.710 bits per heavy atom. The van der Waals surface area contributed by atoms with Gasteiger partial charge in [0.2, 0.25) is 0 Å². The van der Waals surface area contributed by atoms with Gasteiger partial charge in [-0.15, -0.1) is 0 Å². The van der Waals surface area contributed by atoms with Gasteiger partial charge in [0.1, 0.15) is 33.5 Å². The summed E-state index contributed by atoms with van der Waals surface area (Å²) in [5, 5.41) is 8.95. The standard InChI is InChI=1S/C58H35NO3/c1-2-9-36(10-3-1)37-17-24-43(25-18-37)59(45-28-21-39(22-29-45)46-13-8-14-50-47-11-4-7-16-54(47)62-58(46)50)44-26-19-38(20-27-44)40-23-30-49-52-32-42-34-56-51(48-12-5-6-15-53(48)60-56)31-41(42)35-57(52)61-55(49)33-40/h1-35H. The molecule has 0 fully saturated rings. The smallest absolute Gasteiger partial charge is 0.143 e. The predicted octanol–water partition coefficient (Wildman–Crippen LogP) is 17.0. The number of hydrogen-bond acceptors (Lipinski definition) is 4. The molecule has 0 N–H and O–H groups in total. The van der Waals surface area contributed by atoms with Crippen molar-refractivity contribution in [1.29, 1.82) is 0 Å². The fourth-order valence-corrected chi connectivity index (χ4v) is 9.37. The molecular weight excluding hydrogens is 759 g/mol. The molecule has 4 nitrogen and oxygen atoms in total. The highest BCUT2D eigenvalue weighted by molar-refractivity contribution is 6.15. The highest BCUT2D eigenvalue weighted by atomic mass is 16.3. The average molecular weight is 794 g/mol. The van der Waals surface area contributed by atoms with Crippen LogP contribution >= 0.6 is 0 Å². The normalized spacial score (nSPS) is 11.9. The SMILES string of the molecule is c1ccc(-c2ccc(N(c3ccc(-c4ccc5c(c4)oc4cc6cc7c(cc6cc45)oc4ccccc47)cc3)c3ccc(-c4cccc5c4oc4ccccc45)cc3)cc2)cc1. The van der Waals surface area contributed by atoms with Crippen LogP contribution in [0.15, 0.2) is 226 Å². The molecule has 290 valence electrons. The molecule has 3 heterocycles. The van der Waals surface area contributed by atoms with Crippen molar-refractivity contribution in [3.8, 4) is 33.4 Å². The molecule has 0 unspecified atom stereocenters. The van der Waals surface area contributed by atoms with Crippen LogP contribution in [0.1, 0.15) is 0 Å². The lowest BCUT2D eigenvalue weighted by Gasteiger charge is -2.26. The molecule has 10 aromatic carbocycles. The van der Waals surface area contributed by atoms with Gasteiger partial charge in [0.25, 0.3) is 0 Å². The first-order valence-electron chi connectivity index (χ1n) is 21.0. The minimum Gasteiger partial charge on any atom is -0.456 e. The molecule has 0 radical (unpaired) electrons. The second-order valence-electron chi connectivity index (χ2n) is 16.1. The summed E-state index contributed by atoms with van der Waals surface area (Å²) in [5.41, 5.74) is 15.3. The zero-order valence-corrected chi connectivity index (χ0v) is 33.4. The summed E-state index contributed by atoms with van der Waals surface area (Å²) in [6, 6.07) is 75.1. The van der Waals surface area contributed by atoms with Gasteiger partial charge in [-0.2, -0.15) is 0 Å². The lowest BCUT2D eigenvalue weighted by Crippen LogP contribution is -2.09. The summed E-state index contributed by atoms with van der Waals surface area (Å²) in [6.07, 6.45) is 0. The topological polar surface area (TPSA) is 42.7 Å². The second-order valence-corrected chi connectivity index (χ2v) is 16.1. The molecule has 0 bridgehead atoms. The van der Waals surface area contributed by atoms with Crippen LogP contribution in [-0.2, 0) is 0 Å². The van der Waals surface area contributed by atoms with Crippen molar-refractivity contribution in [2.75, 3.05) is 4.90 Å². The van der Waals surface area contributed by atoms with Crippen LogP contribution in [-0.4, -0.2) is 0 Å². The maximum Gasteiger partial charge on any atom is 0.143 e. The van der Waals surface area contributed by atoms with E-state index < -0.39 is 0 Å². The molecule has 0 aliphatic rings. The van der Waals surface area contributed by atoms with Crippen LogP contribution in [0.25, 0.3) is 110 Å². The summed E-state index contributed by atoms with van der Waals surface area (Å²) >= 11 is 0. The molecular formula is C58H35NO3. The molecule has 13 aromatic rings. The molecule has 0 aliphatic carbocycles. The number of anilines is 3. The van der Waals surface area contributed by atoms with E-state index in [1.807, 2.05) is 24.3 Å². The first kappa shape index (κ1) is 34.5.